The van der Waals surface area contributed by atoms with Gasteiger partial charge in [0.1, 0.15) is 4.90 Å². The number of nitrogens with one attached hydrogen (secondary N) is 3. The Labute approximate surface area is 152 Å². The lowest BCUT2D eigenvalue weighted by atomic mass is 9.85. The lowest BCUT2D eigenvalue weighted by molar-refractivity contribution is 0.504. The minimum atomic E-state index is -3.64. The highest BCUT2D eigenvalue weighted by atomic mass is 35.5. The van der Waals surface area contributed by atoms with Crippen LogP contribution in [0.25, 0.3) is 10.9 Å². The van der Waals surface area contributed by atoms with Crippen LogP contribution < -0.4 is 4.72 Å². The van der Waals surface area contributed by atoms with E-state index in [0.717, 1.165) is 16.5 Å². The van der Waals surface area contributed by atoms with E-state index in [1.54, 1.807) is 13.8 Å². The Morgan fingerprint density at radius 1 is 1.28 bits per heavy atom. The average Bonchev–Trinajstić information content (AvgIpc) is 3.09. The van der Waals surface area contributed by atoms with Crippen molar-refractivity contribution in [1.29, 1.82) is 0 Å². The van der Waals surface area contributed by atoms with Crippen LogP contribution in [0.5, 0.6) is 0 Å². The maximum Gasteiger partial charge on any atom is 0.244 e. The fraction of sp³-hybridized carbons (Fsp3) is 0.353. The molecule has 0 bridgehead atoms. The highest BCUT2D eigenvalue weighted by Gasteiger charge is 2.29. The van der Waals surface area contributed by atoms with Gasteiger partial charge in [-0.05, 0) is 37.6 Å². The van der Waals surface area contributed by atoms with Crippen molar-refractivity contribution < 1.29 is 8.42 Å². The summed E-state index contributed by atoms with van der Waals surface area (Å²) in [4.78, 5) is 3.43. The fourth-order valence-electron chi connectivity index (χ4n) is 3.03. The van der Waals surface area contributed by atoms with Crippen molar-refractivity contribution in [3.8, 4) is 0 Å². The molecule has 8 heteroatoms. The predicted octanol–water partition coefficient (Wildman–Crippen LogP) is 3.42. The van der Waals surface area contributed by atoms with Gasteiger partial charge in [-0.15, -0.1) is 0 Å². The summed E-state index contributed by atoms with van der Waals surface area (Å²) in [7, 11) is -3.64. The van der Waals surface area contributed by atoms with E-state index in [2.05, 4.69) is 19.9 Å². The van der Waals surface area contributed by atoms with Crippen molar-refractivity contribution in [2.24, 2.45) is 0 Å². The van der Waals surface area contributed by atoms with Crippen LogP contribution in [-0.2, 0) is 15.4 Å². The molecule has 0 radical (unpaired) electrons. The third-order valence-corrected chi connectivity index (χ3v) is 6.30. The normalized spacial score (nSPS) is 12.8. The Morgan fingerprint density at radius 2 is 2.00 bits per heavy atom. The van der Waals surface area contributed by atoms with Crippen molar-refractivity contribution in [3.63, 3.8) is 0 Å². The van der Waals surface area contributed by atoms with E-state index in [0.29, 0.717) is 16.4 Å². The minimum absolute atomic E-state index is 0.213. The molecule has 0 atom stereocenters. The van der Waals surface area contributed by atoms with E-state index in [9.17, 15) is 8.42 Å². The molecule has 25 heavy (non-hydrogen) atoms. The molecule has 3 N–H and O–H groups in total. The third-order valence-electron chi connectivity index (χ3n) is 4.41. The van der Waals surface area contributed by atoms with Crippen LogP contribution in [0, 0.1) is 13.8 Å². The molecule has 0 spiro atoms. The summed E-state index contributed by atoms with van der Waals surface area (Å²) in [6, 6.07) is 5.63. The van der Waals surface area contributed by atoms with Crippen molar-refractivity contribution in [2.75, 3.05) is 6.54 Å². The number of aromatic nitrogens is 3. The largest absolute Gasteiger partial charge is 0.361 e. The van der Waals surface area contributed by atoms with E-state index in [-0.39, 0.29) is 11.4 Å². The van der Waals surface area contributed by atoms with Gasteiger partial charge in [-0.3, -0.25) is 5.10 Å². The molecule has 1 aromatic carbocycles. The maximum atomic E-state index is 12.7. The summed E-state index contributed by atoms with van der Waals surface area (Å²) in [6.07, 6.45) is 1.91. The van der Waals surface area contributed by atoms with E-state index in [1.807, 2.05) is 38.2 Å². The zero-order valence-electron chi connectivity index (χ0n) is 14.6. The summed E-state index contributed by atoms with van der Waals surface area (Å²) in [6.45, 7) is 7.60. The molecule has 2 heterocycles. The highest BCUT2D eigenvalue weighted by molar-refractivity contribution is 7.89. The van der Waals surface area contributed by atoms with Crippen LogP contribution in [0.2, 0.25) is 5.02 Å². The molecule has 0 unspecified atom stereocenters. The number of fused-ring (bicyclic) bond motifs is 1. The number of nitrogens with zero attached hydrogens (tertiary/aromatic N) is 1. The van der Waals surface area contributed by atoms with Crippen LogP contribution >= 0.6 is 11.6 Å². The van der Waals surface area contributed by atoms with Crippen LogP contribution in [-0.4, -0.2) is 30.1 Å². The highest BCUT2D eigenvalue weighted by Crippen LogP contribution is 2.32. The molecule has 0 aliphatic rings. The van der Waals surface area contributed by atoms with Crippen molar-refractivity contribution in [1.82, 2.24) is 19.9 Å². The second-order valence-corrected chi connectivity index (χ2v) is 9.00. The van der Waals surface area contributed by atoms with Gasteiger partial charge in [-0.1, -0.05) is 25.4 Å². The van der Waals surface area contributed by atoms with Gasteiger partial charge in [0.15, 0.2) is 0 Å². The quantitative estimate of drug-likeness (QED) is 0.633. The van der Waals surface area contributed by atoms with Crippen molar-refractivity contribution in [2.45, 2.75) is 38.0 Å². The lowest BCUT2D eigenvalue weighted by Gasteiger charge is -2.25. The van der Waals surface area contributed by atoms with Crippen molar-refractivity contribution >= 4 is 32.5 Å². The Kier molecular flexibility index (Phi) is 4.43. The first-order valence-corrected chi connectivity index (χ1v) is 9.76. The molecule has 0 aliphatic heterocycles. The Bertz CT molecular complexity index is 1010. The monoisotopic (exact) mass is 380 g/mol. The van der Waals surface area contributed by atoms with Gasteiger partial charge < -0.3 is 4.98 Å². The fourth-order valence-corrected chi connectivity index (χ4v) is 4.78. The van der Waals surface area contributed by atoms with Gasteiger partial charge in [-0.2, -0.15) is 5.10 Å². The number of aryl methyl sites for hydroxylation is 2. The standard InChI is InChI=1S/C17H21ClN4O2S/c1-10-16(11(2)22-21-10)25(23,24)20-9-17(3,4)14-8-19-15-6-5-12(18)7-13(14)15/h5-8,19-20H,9H2,1-4H3,(H,21,22). The molecular formula is C17H21ClN4O2S. The van der Waals surface area contributed by atoms with Gasteiger partial charge in [0, 0.05) is 34.1 Å². The van der Waals surface area contributed by atoms with Gasteiger partial charge >= 0.3 is 0 Å². The first kappa shape index (κ1) is 18.0. The average molecular weight is 381 g/mol. The van der Waals surface area contributed by atoms with Gasteiger partial charge in [0.2, 0.25) is 10.0 Å². The molecule has 0 amide bonds. The predicted molar refractivity (Wildman–Crippen MR) is 99.6 cm³/mol. The van der Waals surface area contributed by atoms with E-state index >= 15 is 0 Å². The molecular weight excluding hydrogens is 360 g/mol. The second kappa shape index (κ2) is 6.16. The summed E-state index contributed by atoms with van der Waals surface area (Å²) in [5.74, 6) is 0. The minimum Gasteiger partial charge on any atom is -0.361 e. The Balaban J connectivity index is 1.90. The number of H-pyrrole nitrogens is 2. The molecule has 0 saturated carbocycles. The van der Waals surface area contributed by atoms with Crippen LogP contribution in [0.1, 0.15) is 30.8 Å². The van der Waals surface area contributed by atoms with Crippen molar-refractivity contribution in [3.05, 3.63) is 46.4 Å². The van der Waals surface area contributed by atoms with Gasteiger partial charge in [-0.25, -0.2) is 13.1 Å². The topological polar surface area (TPSA) is 90.6 Å². The smallest absolute Gasteiger partial charge is 0.244 e. The first-order valence-electron chi connectivity index (χ1n) is 7.90. The molecule has 3 aromatic rings. The Hall–Kier alpha value is -1.83. The summed E-state index contributed by atoms with van der Waals surface area (Å²) >= 11 is 6.11. The number of hydrogen-bond acceptors (Lipinski definition) is 3. The summed E-state index contributed by atoms with van der Waals surface area (Å²) in [5, 5.41) is 8.31. The number of hydrogen-bond donors (Lipinski definition) is 3. The number of benzene rings is 1. The Morgan fingerprint density at radius 3 is 2.64 bits per heavy atom. The number of halogens is 1. The van der Waals surface area contributed by atoms with E-state index in [1.165, 1.54) is 0 Å². The maximum absolute atomic E-state index is 12.7. The van der Waals surface area contributed by atoms with Crippen LogP contribution in [0.15, 0.2) is 29.3 Å². The van der Waals surface area contributed by atoms with Crippen LogP contribution in [0.4, 0.5) is 0 Å². The second-order valence-electron chi connectivity index (χ2n) is 6.86. The summed E-state index contributed by atoms with van der Waals surface area (Å²) in [5.41, 5.74) is 2.54. The SMILES string of the molecule is Cc1n[nH]c(C)c1S(=O)(=O)NCC(C)(C)c1c[nH]c2ccc(Cl)cc12. The van der Waals surface area contributed by atoms with Gasteiger partial charge in [0.25, 0.3) is 0 Å². The van der Waals surface area contributed by atoms with Crippen LogP contribution in [0.3, 0.4) is 0 Å². The number of rotatable bonds is 5. The molecule has 0 saturated heterocycles. The number of aromatic amines is 2. The number of sulfonamides is 1. The molecule has 0 fully saturated rings. The first-order chi connectivity index (χ1) is 11.6. The zero-order chi connectivity index (χ0) is 18.4. The molecule has 3 rings (SSSR count). The molecule has 134 valence electrons. The third kappa shape index (κ3) is 3.31. The van der Waals surface area contributed by atoms with E-state index < -0.39 is 15.4 Å². The lowest BCUT2D eigenvalue weighted by Crippen LogP contribution is -2.37. The van der Waals surface area contributed by atoms with Gasteiger partial charge in [0.05, 0.1) is 11.4 Å². The van der Waals surface area contributed by atoms with E-state index in [4.69, 9.17) is 11.6 Å². The molecule has 0 aliphatic carbocycles. The summed E-state index contributed by atoms with van der Waals surface area (Å²) < 4.78 is 28.1. The zero-order valence-corrected chi connectivity index (χ0v) is 16.1. The molecule has 6 nitrogen and oxygen atoms in total. The molecule has 2 aromatic heterocycles.